The molecule has 0 N–H and O–H groups in total. The van der Waals surface area contributed by atoms with E-state index in [1.54, 1.807) is 22.3 Å². The fourth-order valence-electron chi connectivity index (χ4n) is 6.54. The van der Waals surface area contributed by atoms with E-state index in [1.807, 2.05) is 3.28 Å². The van der Waals surface area contributed by atoms with Crippen molar-refractivity contribution >= 4 is 37.3 Å². The van der Waals surface area contributed by atoms with Crippen LogP contribution in [0.25, 0.3) is 5.57 Å². The second-order valence-corrected chi connectivity index (χ2v) is 40.8. The molecule has 178 valence electrons. The molecule has 0 spiro atoms. The van der Waals surface area contributed by atoms with E-state index in [1.165, 1.54) is 33.4 Å². The zero-order valence-electron chi connectivity index (χ0n) is 21.7. The second kappa shape index (κ2) is 9.42. The molecule has 0 aliphatic heterocycles. The van der Waals surface area contributed by atoms with Gasteiger partial charge in [0.1, 0.15) is 0 Å². The van der Waals surface area contributed by atoms with Crippen LogP contribution in [0.15, 0.2) is 62.5 Å². The first-order chi connectivity index (χ1) is 14.3. The molecule has 4 rings (SSSR count). The zero-order chi connectivity index (χ0) is 22.9. The Bertz CT molecular complexity index is 1290. The summed E-state index contributed by atoms with van der Waals surface area (Å²) in [5, 5.41) is 0. The summed E-state index contributed by atoms with van der Waals surface area (Å²) in [7, 11) is 0. The van der Waals surface area contributed by atoms with Crippen LogP contribution in [0.4, 0.5) is 0 Å². The monoisotopic (exact) mass is 576 g/mol. The summed E-state index contributed by atoms with van der Waals surface area (Å²) in [6.45, 7) is 18.7. The standard InChI is InChI=1S/C18H17.C9H13.2CH3.2ClH.H2Si.Zr/c1-12-10-13(2)14(3)18(11-12)17-9-8-15-6-4-5-7-16(15)17;1-6-5-7(2)9(4)8(6)3;;;;;;/h4-11H,1-3H3;6H,1-4H3;2*1H3;2*1H;1H2;. The maximum atomic E-state index is 2.70. The van der Waals surface area contributed by atoms with Gasteiger partial charge < -0.3 is 0 Å². The first-order valence-electron chi connectivity index (χ1n) is 11.7. The molecule has 0 nitrogen and oxygen atoms in total. The minimum Gasteiger partial charge on any atom is -0.147 e. The largest absolute Gasteiger partial charge is 0.147 e. The predicted molar refractivity (Wildman–Crippen MR) is 152 cm³/mol. The molecule has 0 radical (unpaired) electrons. The molecule has 2 aromatic rings. The van der Waals surface area contributed by atoms with Crippen molar-refractivity contribution in [2.24, 2.45) is 5.92 Å². The van der Waals surface area contributed by atoms with Crippen molar-refractivity contribution in [3.63, 3.8) is 0 Å². The van der Waals surface area contributed by atoms with Gasteiger partial charge in [0.05, 0.1) is 0 Å². The van der Waals surface area contributed by atoms with Gasteiger partial charge in [0.25, 0.3) is 0 Å². The Hall–Kier alpha value is -0.660. The molecular formula is C29H40Cl2SiZr. The maximum absolute atomic E-state index is 3.35. The molecular weight excluding hydrogens is 539 g/mol. The number of aryl methyl sites for hydroxylation is 2. The summed E-state index contributed by atoms with van der Waals surface area (Å²) in [5.41, 5.74) is 14.8. The van der Waals surface area contributed by atoms with Gasteiger partial charge in [-0.1, -0.05) is 0 Å². The van der Waals surface area contributed by atoms with Crippen LogP contribution >= 0.6 is 24.8 Å². The van der Waals surface area contributed by atoms with E-state index >= 15 is 0 Å². The minimum atomic E-state index is -3.35. The van der Waals surface area contributed by atoms with Crippen molar-refractivity contribution in [2.45, 2.75) is 61.4 Å². The van der Waals surface area contributed by atoms with Gasteiger partial charge >= 0.3 is 193 Å². The van der Waals surface area contributed by atoms with Gasteiger partial charge in [0.15, 0.2) is 0 Å². The van der Waals surface area contributed by atoms with Crippen LogP contribution in [-0.4, -0.2) is 6.88 Å². The molecule has 0 saturated heterocycles. The predicted octanol–water partition coefficient (Wildman–Crippen LogP) is 8.54. The summed E-state index contributed by atoms with van der Waals surface area (Å²) in [6.07, 6.45) is 2.68. The van der Waals surface area contributed by atoms with Crippen LogP contribution < -0.4 is 0 Å². The first-order valence-corrected chi connectivity index (χ1v) is 25.2. The van der Waals surface area contributed by atoms with E-state index in [9.17, 15) is 0 Å². The van der Waals surface area contributed by atoms with Gasteiger partial charge in [0, 0.05) is 0 Å². The van der Waals surface area contributed by atoms with Crippen molar-refractivity contribution in [2.75, 3.05) is 0 Å². The number of allylic oxidation sites excluding steroid dienone is 5. The fraction of sp³-hybridized carbons (Fsp3) is 0.379. The van der Waals surface area contributed by atoms with E-state index in [0.717, 1.165) is 0 Å². The second-order valence-electron chi connectivity index (χ2n) is 11.3. The van der Waals surface area contributed by atoms with E-state index in [2.05, 4.69) is 107 Å². The van der Waals surface area contributed by atoms with E-state index < -0.39 is 17.4 Å². The van der Waals surface area contributed by atoms with Crippen molar-refractivity contribution in [3.8, 4) is 0 Å². The number of hydrogen-bond acceptors (Lipinski definition) is 0. The average molecular weight is 579 g/mol. The summed E-state index contributed by atoms with van der Waals surface area (Å²) in [6, 6.07) is 14.0. The van der Waals surface area contributed by atoms with Crippen LogP contribution in [-0.2, 0) is 17.4 Å². The third-order valence-corrected chi connectivity index (χ3v) is 25.8. The summed E-state index contributed by atoms with van der Waals surface area (Å²) >= 11 is -3.35. The van der Waals surface area contributed by atoms with Gasteiger partial charge in [-0.15, -0.1) is 24.8 Å². The molecule has 0 saturated carbocycles. The number of rotatable bonds is 3. The molecule has 2 aliphatic rings. The number of benzene rings is 2. The van der Waals surface area contributed by atoms with Gasteiger partial charge in [-0.05, 0) is 0 Å². The van der Waals surface area contributed by atoms with Crippen molar-refractivity contribution in [1.82, 2.24) is 0 Å². The topological polar surface area (TPSA) is 0 Å². The summed E-state index contributed by atoms with van der Waals surface area (Å²) < 4.78 is 7.79. The van der Waals surface area contributed by atoms with Crippen LogP contribution in [0.5, 0.6) is 0 Å². The average Bonchev–Trinajstić information content (AvgIpc) is 3.17. The third-order valence-electron chi connectivity index (χ3n) is 8.54. The fourth-order valence-corrected chi connectivity index (χ4v) is 25.1. The Kier molecular flexibility index (Phi) is 8.16. The summed E-state index contributed by atoms with van der Waals surface area (Å²) in [5.74, 6) is 0.589. The van der Waals surface area contributed by atoms with Gasteiger partial charge in [-0.25, -0.2) is 0 Å². The Labute approximate surface area is 216 Å². The molecule has 2 aromatic carbocycles. The van der Waals surface area contributed by atoms with E-state index in [0.29, 0.717) is 9.54 Å². The molecule has 0 heterocycles. The van der Waals surface area contributed by atoms with Gasteiger partial charge in [-0.3, -0.25) is 0 Å². The van der Waals surface area contributed by atoms with Crippen LogP contribution in [0.2, 0.25) is 9.26 Å². The molecule has 2 unspecified atom stereocenters. The van der Waals surface area contributed by atoms with Crippen molar-refractivity contribution in [1.29, 1.82) is 0 Å². The van der Waals surface area contributed by atoms with E-state index in [4.69, 9.17) is 0 Å². The third kappa shape index (κ3) is 4.40. The molecule has 2 aliphatic carbocycles. The Morgan fingerprint density at radius 2 is 1.42 bits per heavy atom. The van der Waals surface area contributed by atoms with Gasteiger partial charge in [-0.2, -0.15) is 0 Å². The van der Waals surface area contributed by atoms with Crippen LogP contribution in [0.3, 0.4) is 0 Å². The van der Waals surface area contributed by atoms with Crippen molar-refractivity contribution < 1.29 is 17.4 Å². The smallest absolute Gasteiger partial charge is 0.147 e. The zero-order valence-corrected chi connectivity index (χ0v) is 27.2. The van der Waals surface area contributed by atoms with E-state index in [-0.39, 0.29) is 24.8 Å². The Morgan fingerprint density at radius 3 is 2.00 bits per heavy atom. The first kappa shape index (κ1) is 28.6. The maximum Gasteiger partial charge on any atom is -0.147 e. The quantitative estimate of drug-likeness (QED) is 0.320. The van der Waals surface area contributed by atoms with Crippen LogP contribution in [0.1, 0.15) is 64.7 Å². The molecule has 0 amide bonds. The molecule has 0 fully saturated rings. The number of halogens is 2. The molecule has 4 heteroatoms. The molecule has 33 heavy (non-hydrogen) atoms. The Morgan fingerprint density at radius 1 is 0.818 bits per heavy atom. The minimum absolute atomic E-state index is 0. The number of fused-ring (bicyclic) bond motifs is 1. The normalized spacial score (nSPS) is 20.4. The molecule has 0 bridgehead atoms. The van der Waals surface area contributed by atoms with Gasteiger partial charge in [0.2, 0.25) is 0 Å². The Balaban J connectivity index is 0.00000193. The van der Waals surface area contributed by atoms with Crippen LogP contribution in [0, 0.1) is 26.7 Å². The molecule has 2 atom stereocenters. The molecule has 0 aromatic heterocycles. The SMILES string of the molecule is CC1=C(C)C(C)[C]([Zr]([CH3])([CH3])(=[SiH2])[CH]2C=C(c3cc(C)cc(C)c3C)c3ccccc32)=C1C.Cl.Cl. The number of hydrogen-bond donors (Lipinski definition) is 0. The van der Waals surface area contributed by atoms with Crippen molar-refractivity contribution in [3.05, 3.63) is 95.9 Å². The summed E-state index contributed by atoms with van der Waals surface area (Å²) in [4.78, 5) is 0.